The van der Waals surface area contributed by atoms with E-state index in [1.54, 1.807) is 0 Å². The highest BCUT2D eigenvalue weighted by Crippen LogP contribution is 2.51. The van der Waals surface area contributed by atoms with Crippen LogP contribution in [0.4, 0.5) is 17.1 Å². The van der Waals surface area contributed by atoms with Crippen LogP contribution in [0.25, 0.3) is 28.3 Å². The quantitative estimate of drug-likeness (QED) is 0.251. The van der Waals surface area contributed by atoms with Crippen LogP contribution in [0.3, 0.4) is 0 Å². The van der Waals surface area contributed by atoms with Crippen LogP contribution >= 0.6 is 0 Å². The Kier molecular flexibility index (Phi) is 5.34. The van der Waals surface area contributed by atoms with Gasteiger partial charge in [0.2, 0.25) is 0 Å². The maximum Gasteiger partial charge on any atom is 0.0465 e. The van der Waals surface area contributed by atoms with Gasteiger partial charge < -0.3 is 4.90 Å². The van der Waals surface area contributed by atoms with Crippen molar-refractivity contribution in [1.29, 1.82) is 0 Å². The molecule has 0 fully saturated rings. The van der Waals surface area contributed by atoms with Gasteiger partial charge in [0.1, 0.15) is 0 Å². The molecule has 1 nitrogen and oxygen atoms in total. The van der Waals surface area contributed by atoms with Crippen LogP contribution in [0.2, 0.25) is 0 Å². The second-order valence-electron chi connectivity index (χ2n) is 9.95. The molecular formula is C35H29N. The lowest BCUT2D eigenvalue weighted by atomic mass is 9.81. The Hall–Kier alpha value is -4.36. The molecule has 0 unspecified atom stereocenters. The zero-order valence-electron chi connectivity index (χ0n) is 20.8. The van der Waals surface area contributed by atoms with E-state index in [-0.39, 0.29) is 5.41 Å². The van der Waals surface area contributed by atoms with Crippen molar-refractivity contribution in [3.63, 3.8) is 0 Å². The molecule has 0 aliphatic heterocycles. The molecule has 0 spiro atoms. The summed E-state index contributed by atoms with van der Waals surface area (Å²) in [6, 6.07) is 43.7. The standard InChI is InChI=1S/C35H29N/c1-4-25-15-17-26(18-16-25)27-19-21-31-32-22-20-30(24-34(32)35(2,3)33(31)23-27)36(28-11-7-5-8-12-28)29-13-9-6-10-14-29/h4-24H,1H2,2-3H3. The maximum absolute atomic E-state index is 3.88. The lowest BCUT2D eigenvalue weighted by molar-refractivity contribution is 0.660. The van der Waals surface area contributed by atoms with E-state index in [9.17, 15) is 0 Å². The van der Waals surface area contributed by atoms with Gasteiger partial charge in [0.25, 0.3) is 0 Å². The molecule has 1 heteroatoms. The number of hydrogen-bond donors (Lipinski definition) is 0. The van der Waals surface area contributed by atoms with Crippen molar-refractivity contribution in [3.05, 3.63) is 145 Å². The third kappa shape index (κ3) is 3.65. The average Bonchev–Trinajstić information content (AvgIpc) is 3.16. The minimum Gasteiger partial charge on any atom is -0.310 e. The highest BCUT2D eigenvalue weighted by molar-refractivity contribution is 5.87. The molecule has 1 aliphatic rings. The Morgan fingerprint density at radius 3 is 1.67 bits per heavy atom. The molecule has 0 amide bonds. The summed E-state index contributed by atoms with van der Waals surface area (Å²) in [5.41, 5.74) is 12.4. The molecule has 1 aliphatic carbocycles. The van der Waals surface area contributed by atoms with Gasteiger partial charge in [-0.05, 0) is 81.4 Å². The highest BCUT2D eigenvalue weighted by atomic mass is 15.1. The second kappa shape index (κ2) is 8.70. The van der Waals surface area contributed by atoms with Crippen LogP contribution in [-0.4, -0.2) is 0 Å². The second-order valence-corrected chi connectivity index (χ2v) is 9.95. The predicted molar refractivity (Wildman–Crippen MR) is 154 cm³/mol. The number of nitrogens with zero attached hydrogens (tertiary/aromatic N) is 1. The van der Waals surface area contributed by atoms with E-state index in [1.807, 2.05) is 6.08 Å². The van der Waals surface area contributed by atoms with Crippen molar-refractivity contribution >= 4 is 23.1 Å². The Morgan fingerprint density at radius 2 is 1.08 bits per heavy atom. The SMILES string of the molecule is C=Cc1ccc(-c2ccc3c(c2)C(C)(C)c2cc(N(c4ccccc4)c4ccccc4)ccc2-3)cc1. The van der Waals surface area contributed by atoms with Gasteiger partial charge in [0, 0.05) is 22.5 Å². The van der Waals surface area contributed by atoms with Crippen molar-refractivity contribution < 1.29 is 0 Å². The largest absolute Gasteiger partial charge is 0.310 e. The third-order valence-electron chi connectivity index (χ3n) is 7.43. The van der Waals surface area contributed by atoms with Crippen molar-refractivity contribution in [2.75, 3.05) is 4.90 Å². The average molecular weight is 464 g/mol. The summed E-state index contributed by atoms with van der Waals surface area (Å²) >= 11 is 0. The smallest absolute Gasteiger partial charge is 0.0465 e. The summed E-state index contributed by atoms with van der Waals surface area (Å²) in [6.45, 7) is 8.57. The molecule has 0 saturated carbocycles. The van der Waals surface area contributed by atoms with E-state index in [0.717, 1.165) is 16.9 Å². The van der Waals surface area contributed by atoms with Crippen LogP contribution in [0, 0.1) is 0 Å². The van der Waals surface area contributed by atoms with Gasteiger partial charge in [0.05, 0.1) is 0 Å². The first-order valence-corrected chi connectivity index (χ1v) is 12.5. The zero-order chi connectivity index (χ0) is 24.7. The van der Waals surface area contributed by atoms with E-state index in [4.69, 9.17) is 0 Å². The van der Waals surface area contributed by atoms with Gasteiger partial charge in [0.15, 0.2) is 0 Å². The Morgan fingerprint density at radius 1 is 0.556 bits per heavy atom. The van der Waals surface area contributed by atoms with E-state index in [1.165, 1.54) is 39.1 Å². The monoisotopic (exact) mass is 463 g/mol. The van der Waals surface area contributed by atoms with E-state index in [0.29, 0.717) is 0 Å². The lowest BCUT2D eigenvalue weighted by Gasteiger charge is -2.28. The normalized spacial score (nSPS) is 13.1. The van der Waals surface area contributed by atoms with Crippen molar-refractivity contribution in [2.45, 2.75) is 19.3 Å². The number of anilines is 3. The molecule has 0 bridgehead atoms. The number of hydrogen-bond acceptors (Lipinski definition) is 1. The van der Waals surface area contributed by atoms with E-state index in [2.05, 4.69) is 147 Å². The molecule has 0 atom stereocenters. The predicted octanol–water partition coefficient (Wildman–Crippen LogP) is 9.77. The van der Waals surface area contributed by atoms with Gasteiger partial charge in [-0.25, -0.2) is 0 Å². The summed E-state index contributed by atoms with van der Waals surface area (Å²) in [7, 11) is 0. The number of rotatable bonds is 5. The van der Waals surface area contributed by atoms with Crippen LogP contribution in [-0.2, 0) is 5.41 Å². The minimum absolute atomic E-state index is 0.100. The molecule has 5 aromatic rings. The summed E-state index contributed by atoms with van der Waals surface area (Å²) in [4.78, 5) is 2.34. The molecule has 36 heavy (non-hydrogen) atoms. The molecule has 0 N–H and O–H groups in total. The fourth-order valence-corrected chi connectivity index (χ4v) is 5.46. The molecule has 0 radical (unpaired) electrons. The van der Waals surface area contributed by atoms with Crippen molar-refractivity contribution in [1.82, 2.24) is 0 Å². The van der Waals surface area contributed by atoms with Gasteiger partial charge in [-0.1, -0.05) is 105 Å². The lowest BCUT2D eigenvalue weighted by Crippen LogP contribution is -2.16. The van der Waals surface area contributed by atoms with Crippen LogP contribution in [0.1, 0.15) is 30.5 Å². The number of fused-ring (bicyclic) bond motifs is 3. The van der Waals surface area contributed by atoms with Crippen LogP contribution in [0.5, 0.6) is 0 Å². The zero-order valence-corrected chi connectivity index (χ0v) is 20.8. The summed E-state index contributed by atoms with van der Waals surface area (Å²) < 4.78 is 0. The summed E-state index contributed by atoms with van der Waals surface area (Å²) in [5, 5.41) is 0. The fraction of sp³-hybridized carbons (Fsp3) is 0.0857. The molecular weight excluding hydrogens is 434 g/mol. The van der Waals surface area contributed by atoms with Crippen LogP contribution in [0.15, 0.2) is 128 Å². The van der Waals surface area contributed by atoms with E-state index < -0.39 is 0 Å². The van der Waals surface area contributed by atoms with Gasteiger partial charge >= 0.3 is 0 Å². The van der Waals surface area contributed by atoms with Crippen molar-refractivity contribution in [3.8, 4) is 22.3 Å². The van der Waals surface area contributed by atoms with Crippen molar-refractivity contribution in [2.24, 2.45) is 0 Å². The molecule has 6 rings (SSSR count). The first kappa shape index (κ1) is 22.1. The Bertz CT molecular complexity index is 1500. The highest BCUT2D eigenvalue weighted by Gasteiger charge is 2.36. The van der Waals surface area contributed by atoms with Gasteiger partial charge in [-0.15, -0.1) is 0 Å². The number of para-hydroxylation sites is 2. The van der Waals surface area contributed by atoms with Crippen LogP contribution < -0.4 is 4.90 Å². The topological polar surface area (TPSA) is 3.24 Å². The third-order valence-corrected chi connectivity index (χ3v) is 7.43. The Balaban J connectivity index is 1.45. The molecule has 5 aromatic carbocycles. The Labute approximate surface area is 214 Å². The first-order valence-electron chi connectivity index (χ1n) is 12.5. The number of benzene rings is 5. The van der Waals surface area contributed by atoms with Gasteiger partial charge in [-0.2, -0.15) is 0 Å². The fourth-order valence-electron chi connectivity index (χ4n) is 5.46. The van der Waals surface area contributed by atoms with E-state index >= 15 is 0 Å². The minimum atomic E-state index is -0.100. The van der Waals surface area contributed by atoms with Gasteiger partial charge in [-0.3, -0.25) is 0 Å². The molecule has 0 aromatic heterocycles. The molecule has 174 valence electrons. The summed E-state index contributed by atoms with van der Waals surface area (Å²) in [5.74, 6) is 0. The molecule has 0 saturated heterocycles. The first-order chi connectivity index (χ1) is 17.6. The maximum atomic E-state index is 3.88. The molecule has 0 heterocycles. The summed E-state index contributed by atoms with van der Waals surface area (Å²) in [6.07, 6.45) is 1.89.